The van der Waals surface area contributed by atoms with Gasteiger partial charge in [-0.05, 0) is 28.7 Å². The van der Waals surface area contributed by atoms with Gasteiger partial charge in [-0.2, -0.15) is 0 Å². The van der Waals surface area contributed by atoms with Crippen LogP contribution in [0, 0.1) is 3.57 Å². The highest BCUT2D eigenvalue weighted by atomic mass is 127. The molecule has 0 aliphatic heterocycles. The van der Waals surface area contributed by atoms with Crippen LogP contribution in [0.15, 0.2) is 6.07 Å². The van der Waals surface area contributed by atoms with Gasteiger partial charge in [0.05, 0.1) is 5.56 Å². The SMILES string of the molecule is O=C(O)c1cc(I)c(C(F)F)c(Cl)n1. The van der Waals surface area contributed by atoms with E-state index in [9.17, 15) is 13.6 Å². The predicted octanol–water partition coefficient (Wildman–Crippen LogP) is 2.98. The minimum absolute atomic E-state index is 0.0926. The summed E-state index contributed by atoms with van der Waals surface area (Å²) in [4.78, 5) is 13.8. The first-order valence-corrected chi connectivity index (χ1v) is 4.76. The first-order valence-electron chi connectivity index (χ1n) is 3.31. The van der Waals surface area contributed by atoms with E-state index < -0.39 is 23.1 Å². The molecule has 0 bridgehead atoms. The number of carbonyl (C=O) groups is 1. The molecule has 0 atom stereocenters. The van der Waals surface area contributed by atoms with E-state index in [1.165, 1.54) is 0 Å². The van der Waals surface area contributed by atoms with Crippen molar-refractivity contribution >= 4 is 40.2 Å². The van der Waals surface area contributed by atoms with Crippen LogP contribution in [-0.2, 0) is 0 Å². The van der Waals surface area contributed by atoms with Gasteiger partial charge in [0.2, 0.25) is 0 Å². The molecule has 0 radical (unpaired) electrons. The monoisotopic (exact) mass is 333 g/mol. The van der Waals surface area contributed by atoms with Crippen LogP contribution in [0.5, 0.6) is 0 Å². The van der Waals surface area contributed by atoms with Crippen molar-refractivity contribution < 1.29 is 18.7 Å². The summed E-state index contributed by atoms with van der Waals surface area (Å²) in [6.45, 7) is 0. The number of hydrogen-bond donors (Lipinski definition) is 1. The summed E-state index contributed by atoms with van der Waals surface area (Å²) in [5.41, 5.74) is -0.777. The average molecular weight is 333 g/mol. The van der Waals surface area contributed by atoms with Gasteiger partial charge < -0.3 is 5.11 Å². The molecular weight excluding hydrogens is 330 g/mol. The fraction of sp³-hybridized carbons (Fsp3) is 0.143. The number of nitrogens with zero attached hydrogens (tertiary/aromatic N) is 1. The first kappa shape index (κ1) is 11.6. The molecule has 76 valence electrons. The van der Waals surface area contributed by atoms with Crippen molar-refractivity contribution in [2.45, 2.75) is 6.43 Å². The molecule has 0 fully saturated rings. The highest BCUT2D eigenvalue weighted by molar-refractivity contribution is 14.1. The van der Waals surface area contributed by atoms with Crippen molar-refractivity contribution in [3.05, 3.63) is 26.0 Å². The standard InChI is InChI=1S/C7H3ClF2INO2/c8-5-4(6(9)10)2(11)1-3(12-5)7(13)14/h1,6H,(H,13,14). The maximum Gasteiger partial charge on any atom is 0.354 e. The fourth-order valence-electron chi connectivity index (χ4n) is 0.798. The number of alkyl halides is 2. The molecule has 1 aromatic heterocycles. The maximum absolute atomic E-state index is 12.3. The van der Waals surface area contributed by atoms with Crippen LogP contribution in [0.1, 0.15) is 22.5 Å². The van der Waals surface area contributed by atoms with Gasteiger partial charge in [0.1, 0.15) is 5.15 Å². The summed E-state index contributed by atoms with van der Waals surface area (Å²) in [6, 6.07) is 1.05. The van der Waals surface area contributed by atoms with E-state index in [2.05, 4.69) is 4.98 Å². The van der Waals surface area contributed by atoms with Crippen LogP contribution < -0.4 is 0 Å². The van der Waals surface area contributed by atoms with E-state index >= 15 is 0 Å². The van der Waals surface area contributed by atoms with Gasteiger partial charge >= 0.3 is 5.97 Å². The average Bonchev–Trinajstić information content (AvgIpc) is 2.01. The van der Waals surface area contributed by atoms with Gasteiger partial charge in [-0.1, -0.05) is 11.6 Å². The highest BCUT2D eigenvalue weighted by Crippen LogP contribution is 2.30. The Labute approximate surface area is 96.2 Å². The molecule has 0 unspecified atom stereocenters. The number of pyridine rings is 1. The largest absolute Gasteiger partial charge is 0.477 e. The van der Waals surface area contributed by atoms with Gasteiger partial charge in [-0.25, -0.2) is 18.6 Å². The van der Waals surface area contributed by atoms with Crippen LogP contribution in [0.4, 0.5) is 8.78 Å². The summed E-state index contributed by atoms with van der Waals surface area (Å²) >= 11 is 7.01. The molecule has 0 aliphatic rings. The minimum atomic E-state index is -2.76. The third kappa shape index (κ3) is 2.30. The van der Waals surface area contributed by atoms with Crippen LogP contribution in [0.25, 0.3) is 0 Å². The Morgan fingerprint density at radius 1 is 1.64 bits per heavy atom. The molecule has 14 heavy (non-hydrogen) atoms. The second-order valence-electron chi connectivity index (χ2n) is 2.30. The molecule has 7 heteroatoms. The van der Waals surface area contributed by atoms with E-state index in [4.69, 9.17) is 16.7 Å². The van der Waals surface area contributed by atoms with Crippen molar-refractivity contribution in [1.29, 1.82) is 0 Å². The summed E-state index contributed by atoms with van der Waals surface area (Å²) in [6.07, 6.45) is -2.76. The molecule has 0 amide bonds. The smallest absolute Gasteiger partial charge is 0.354 e. The molecule has 0 aromatic carbocycles. The number of aromatic carboxylic acids is 1. The lowest BCUT2D eigenvalue weighted by Gasteiger charge is -2.05. The lowest BCUT2D eigenvalue weighted by atomic mass is 10.2. The van der Waals surface area contributed by atoms with E-state index in [0.29, 0.717) is 0 Å². The molecule has 0 aliphatic carbocycles. The number of carboxylic acids is 1. The molecule has 3 nitrogen and oxygen atoms in total. The van der Waals surface area contributed by atoms with E-state index in [0.717, 1.165) is 6.07 Å². The normalized spacial score (nSPS) is 10.6. The van der Waals surface area contributed by atoms with Gasteiger partial charge in [0.15, 0.2) is 5.69 Å². The van der Waals surface area contributed by atoms with Crippen molar-refractivity contribution in [2.75, 3.05) is 0 Å². The van der Waals surface area contributed by atoms with Crippen LogP contribution >= 0.6 is 34.2 Å². The lowest BCUT2D eigenvalue weighted by Crippen LogP contribution is -2.04. The Balaban J connectivity index is 3.32. The Hall–Kier alpha value is -0.500. The number of aromatic nitrogens is 1. The minimum Gasteiger partial charge on any atom is -0.477 e. The van der Waals surface area contributed by atoms with Gasteiger partial charge in [-0.3, -0.25) is 0 Å². The van der Waals surface area contributed by atoms with Gasteiger partial charge in [-0.15, -0.1) is 0 Å². The van der Waals surface area contributed by atoms with Crippen LogP contribution in [0.2, 0.25) is 5.15 Å². The molecular formula is C7H3ClF2INO2. The number of rotatable bonds is 2. The lowest BCUT2D eigenvalue weighted by molar-refractivity contribution is 0.0689. The maximum atomic E-state index is 12.3. The third-order valence-corrected chi connectivity index (χ3v) is 2.58. The van der Waals surface area contributed by atoms with Gasteiger partial charge in [0, 0.05) is 3.57 Å². The Bertz CT molecular complexity index is 363. The van der Waals surface area contributed by atoms with Crippen molar-refractivity contribution in [1.82, 2.24) is 4.98 Å². The Kier molecular flexibility index (Phi) is 3.59. The molecule has 0 spiro atoms. The van der Waals surface area contributed by atoms with E-state index in [1.54, 1.807) is 22.6 Å². The molecule has 1 rings (SSSR count). The number of halogens is 4. The van der Waals surface area contributed by atoms with Gasteiger partial charge in [0.25, 0.3) is 6.43 Å². The second-order valence-corrected chi connectivity index (χ2v) is 3.82. The zero-order valence-corrected chi connectivity index (χ0v) is 9.38. The summed E-state index contributed by atoms with van der Waals surface area (Å²) in [5, 5.41) is 8.08. The van der Waals surface area contributed by atoms with Crippen molar-refractivity contribution in [3.8, 4) is 0 Å². The third-order valence-electron chi connectivity index (χ3n) is 1.40. The second kappa shape index (κ2) is 4.35. The quantitative estimate of drug-likeness (QED) is 0.669. The summed E-state index contributed by atoms with van der Waals surface area (Å²) in [7, 11) is 0. The van der Waals surface area contributed by atoms with Crippen molar-refractivity contribution in [2.24, 2.45) is 0 Å². The first-order chi connectivity index (χ1) is 6.43. The number of hydrogen-bond acceptors (Lipinski definition) is 2. The molecule has 0 saturated heterocycles. The summed E-state index contributed by atoms with van der Waals surface area (Å²) in [5.74, 6) is -1.30. The van der Waals surface area contributed by atoms with E-state index in [-0.39, 0.29) is 9.26 Å². The summed E-state index contributed by atoms with van der Waals surface area (Å²) < 4.78 is 24.8. The van der Waals surface area contributed by atoms with E-state index in [1.807, 2.05) is 0 Å². The molecule has 1 N–H and O–H groups in total. The Morgan fingerprint density at radius 2 is 2.21 bits per heavy atom. The zero-order chi connectivity index (χ0) is 10.9. The Morgan fingerprint density at radius 3 is 2.57 bits per heavy atom. The number of carboxylic acid groups (broad SMARTS) is 1. The fourth-order valence-corrected chi connectivity index (χ4v) is 2.02. The highest BCUT2D eigenvalue weighted by Gasteiger charge is 2.20. The zero-order valence-electron chi connectivity index (χ0n) is 6.47. The topological polar surface area (TPSA) is 50.2 Å². The molecule has 1 aromatic rings. The van der Waals surface area contributed by atoms with Crippen LogP contribution in [0.3, 0.4) is 0 Å². The van der Waals surface area contributed by atoms with Crippen molar-refractivity contribution in [3.63, 3.8) is 0 Å². The molecule has 1 heterocycles. The molecule has 0 saturated carbocycles. The predicted molar refractivity (Wildman–Crippen MR) is 53.9 cm³/mol. The van der Waals surface area contributed by atoms with Crippen LogP contribution in [-0.4, -0.2) is 16.1 Å².